The molecule has 3 amide bonds. The molecule has 1 aromatic heterocycles. The van der Waals surface area contributed by atoms with Gasteiger partial charge in [0, 0.05) is 7.05 Å². The number of amides is 3. The number of para-hydroxylation sites is 3. The molecule has 0 radical (unpaired) electrons. The van der Waals surface area contributed by atoms with Gasteiger partial charge in [0.05, 0.1) is 36.2 Å². The molecular formula is C21H23N5O4. The Bertz CT molecular complexity index is 1080. The molecule has 0 aliphatic heterocycles. The van der Waals surface area contributed by atoms with Gasteiger partial charge in [0.2, 0.25) is 5.91 Å². The van der Waals surface area contributed by atoms with Crippen LogP contribution in [0.3, 0.4) is 0 Å². The fraction of sp³-hybridized carbons (Fsp3) is 0.238. The smallest absolute Gasteiger partial charge is 0.257 e. The number of rotatable bonds is 7. The Morgan fingerprint density at radius 1 is 1.00 bits per heavy atom. The van der Waals surface area contributed by atoms with Crippen molar-refractivity contribution in [2.24, 2.45) is 7.05 Å². The summed E-state index contributed by atoms with van der Waals surface area (Å²) in [5.74, 6) is -0.414. The Morgan fingerprint density at radius 2 is 1.70 bits per heavy atom. The van der Waals surface area contributed by atoms with Gasteiger partial charge in [0.1, 0.15) is 11.6 Å². The van der Waals surface area contributed by atoms with Crippen molar-refractivity contribution in [3.05, 3.63) is 59.9 Å². The van der Waals surface area contributed by atoms with Gasteiger partial charge in [-0.2, -0.15) is 0 Å². The first kappa shape index (κ1) is 20.8. The molecule has 0 atom stereocenters. The van der Waals surface area contributed by atoms with Gasteiger partial charge in [0.15, 0.2) is 0 Å². The second kappa shape index (κ2) is 9.55. The molecular weight excluding hydrogens is 386 g/mol. The van der Waals surface area contributed by atoms with E-state index in [1.54, 1.807) is 24.3 Å². The molecule has 9 heteroatoms. The molecule has 0 aliphatic rings. The molecule has 0 saturated heterocycles. The summed E-state index contributed by atoms with van der Waals surface area (Å²) in [4.78, 5) is 40.8. The molecule has 3 aromatic rings. The number of hydrogen-bond acceptors (Lipinski definition) is 5. The number of fused-ring (bicyclic) bond motifs is 1. The lowest BCUT2D eigenvalue weighted by molar-refractivity contribution is -0.128. The number of imidazole rings is 1. The highest BCUT2D eigenvalue weighted by Gasteiger charge is 2.14. The van der Waals surface area contributed by atoms with Crippen LogP contribution in [0.1, 0.15) is 23.1 Å². The third kappa shape index (κ3) is 4.93. The molecule has 9 nitrogen and oxygen atoms in total. The van der Waals surface area contributed by atoms with E-state index in [2.05, 4.69) is 21.2 Å². The molecule has 3 N–H and O–H groups in total. The lowest BCUT2D eigenvalue weighted by Crippen LogP contribution is -2.47. The van der Waals surface area contributed by atoms with Gasteiger partial charge in [-0.15, -0.1) is 0 Å². The minimum atomic E-state index is -0.560. The van der Waals surface area contributed by atoms with Crippen LogP contribution in [0.15, 0.2) is 48.5 Å². The van der Waals surface area contributed by atoms with Crippen LogP contribution in [0.25, 0.3) is 11.0 Å². The molecule has 0 unspecified atom stereocenters. The van der Waals surface area contributed by atoms with Crippen molar-refractivity contribution in [3.63, 3.8) is 0 Å². The van der Waals surface area contributed by atoms with Gasteiger partial charge in [-0.25, -0.2) is 4.98 Å². The van der Waals surface area contributed by atoms with Crippen LogP contribution in [0, 0.1) is 0 Å². The maximum Gasteiger partial charge on any atom is 0.257 e. The quantitative estimate of drug-likeness (QED) is 0.506. The van der Waals surface area contributed by atoms with Gasteiger partial charge < -0.3 is 14.6 Å². The van der Waals surface area contributed by atoms with Crippen LogP contribution in [-0.2, 0) is 23.1 Å². The van der Waals surface area contributed by atoms with E-state index in [0.717, 1.165) is 11.0 Å². The van der Waals surface area contributed by atoms with Crippen molar-refractivity contribution in [1.82, 2.24) is 25.7 Å². The number of nitrogens with zero attached hydrogens (tertiary/aromatic N) is 2. The minimum absolute atomic E-state index is 0.000445. The molecule has 3 rings (SSSR count). The average Bonchev–Trinajstić information content (AvgIpc) is 3.06. The molecule has 0 fully saturated rings. The molecule has 0 bridgehead atoms. The van der Waals surface area contributed by atoms with E-state index in [4.69, 9.17) is 4.74 Å². The van der Waals surface area contributed by atoms with E-state index < -0.39 is 17.7 Å². The summed E-state index contributed by atoms with van der Waals surface area (Å²) in [5.41, 5.74) is 6.65. The molecule has 2 aromatic carbocycles. The van der Waals surface area contributed by atoms with Gasteiger partial charge >= 0.3 is 0 Å². The average molecular weight is 409 g/mol. The van der Waals surface area contributed by atoms with E-state index in [1.807, 2.05) is 42.8 Å². The van der Waals surface area contributed by atoms with Crippen molar-refractivity contribution < 1.29 is 19.1 Å². The SMILES string of the molecule is CCOc1ccccc1C(=O)NCC(=O)NNC(=O)Cc1nc2ccccc2n1C. The van der Waals surface area contributed by atoms with Gasteiger partial charge in [0.25, 0.3) is 11.8 Å². The lowest BCUT2D eigenvalue weighted by atomic mass is 10.2. The Balaban J connectivity index is 1.48. The number of hydrogen-bond donors (Lipinski definition) is 3. The van der Waals surface area contributed by atoms with E-state index >= 15 is 0 Å². The second-order valence-electron chi connectivity index (χ2n) is 6.46. The Labute approximate surface area is 173 Å². The minimum Gasteiger partial charge on any atom is -0.493 e. The first-order valence-electron chi connectivity index (χ1n) is 9.47. The maximum atomic E-state index is 12.3. The highest BCUT2D eigenvalue weighted by molar-refractivity contribution is 5.98. The molecule has 156 valence electrons. The number of aromatic nitrogens is 2. The van der Waals surface area contributed by atoms with E-state index in [-0.39, 0.29) is 13.0 Å². The third-order valence-electron chi connectivity index (χ3n) is 4.38. The highest BCUT2D eigenvalue weighted by Crippen LogP contribution is 2.17. The second-order valence-corrected chi connectivity index (χ2v) is 6.46. The number of benzene rings is 2. The summed E-state index contributed by atoms with van der Waals surface area (Å²) in [5, 5.41) is 2.50. The van der Waals surface area contributed by atoms with Gasteiger partial charge in [-0.3, -0.25) is 25.2 Å². The van der Waals surface area contributed by atoms with E-state index in [1.165, 1.54) is 0 Å². The van der Waals surface area contributed by atoms with Crippen LogP contribution in [0.4, 0.5) is 0 Å². The lowest BCUT2D eigenvalue weighted by Gasteiger charge is -2.11. The zero-order valence-corrected chi connectivity index (χ0v) is 16.8. The maximum absolute atomic E-state index is 12.3. The number of nitrogens with one attached hydrogen (secondary N) is 3. The Hall–Kier alpha value is -3.88. The van der Waals surface area contributed by atoms with Crippen LogP contribution < -0.4 is 20.9 Å². The summed E-state index contributed by atoms with van der Waals surface area (Å²) in [6, 6.07) is 14.3. The fourth-order valence-electron chi connectivity index (χ4n) is 2.92. The van der Waals surface area contributed by atoms with Crippen LogP contribution >= 0.6 is 0 Å². The molecule has 0 aliphatic carbocycles. The van der Waals surface area contributed by atoms with Gasteiger partial charge in [-0.05, 0) is 31.2 Å². The normalized spacial score (nSPS) is 10.5. The number of ether oxygens (including phenoxy) is 1. The third-order valence-corrected chi connectivity index (χ3v) is 4.38. The predicted molar refractivity (Wildman–Crippen MR) is 111 cm³/mol. The first-order valence-corrected chi connectivity index (χ1v) is 9.47. The van der Waals surface area contributed by atoms with Crippen molar-refractivity contribution in [2.75, 3.05) is 13.2 Å². The molecule has 30 heavy (non-hydrogen) atoms. The monoisotopic (exact) mass is 409 g/mol. The summed E-state index contributed by atoms with van der Waals surface area (Å²) in [7, 11) is 1.83. The highest BCUT2D eigenvalue weighted by atomic mass is 16.5. The Morgan fingerprint density at radius 3 is 2.47 bits per heavy atom. The fourth-order valence-corrected chi connectivity index (χ4v) is 2.92. The molecule has 0 spiro atoms. The summed E-state index contributed by atoms with van der Waals surface area (Å²) in [6.07, 6.45) is -0.000445. The number of aryl methyl sites for hydroxylation is 1. The van der Waals surface area contributed by atoms with Crippen molar-refractivity contribution in [1.29, 1.82) is 0 Å². The summed E-state index contributed by atoms with van der Waals surface area (Å²) < 4.78 is 7.23. The predicted octanol–water partition coefficient (Wildman–Crippen LogP) is 1.09. The Kier molecular flexibility index (Phi) is 6.63. The number of carbonyl (C=O) groups is 3. The number of carbonyl (C=O) groups excluding carboxylic acids is 3. The van der Waals surface area contributed by atoms with Gasteiger partial charge in [-0.1, -0.05) is 24.3 Å². The first-order chi connectivity index (χ1) is 14.5. The molecule has 1 heterocycles. The number of hydrazine groups is 1. The van der Waals surface area contributed by atoms with Crippen molar-refractivity contribution in [3.8, 4) is 5.75 Å². The standard InChI is InChI=1S/C21H23N5O4/c1-3-30-17-11-7-4-8-14(17)21(29)22-13-20(28)25-24-19(27)12-18-23-15-9-5-6-10-16(15)26(18)2/h4-11H,3,12-13H2,1-2H3,(H,22,29)(H,24,27)(H,25,28). The van der Waals surface area contributed by atoms with E-state index in [0.29, 0.717) is 23.7 Å². The van der Waals surface area contributed by atoms with E-state index in [9.17, 15) is 14.4 Å². The zero-order chi connectivity index (χ0) is 21.5. The van der Waals surface area contributed by atoms with Crippen LogP contribution in [-0.4, -0.2) is 40.4 Å². The topological polar surface area (TPSA) is 114 Å². The summed E-state index contributed by atoms with van der Waals surface area (Å²) >= 11 is 0. The largest absolute Gasteiger partial charge is 0.493 e. The van der Waals surface area contributed by atoms with Crippen LogP contribution in [0.5, 0.6) is 5.75 Å². The van der Waals surface area contributed by atoms with Crippen molar-refractivity contribution >= 4 is 28.8 Å². The van der Waals surface area contributed by atoms with Crippen molar-refractivity contribution in [2.45, 2.75) is 13.3 Å². The zero-order valence-electron chi connectivity index (χ0n) is 16.8. The van der Waals surface area contributed by atoms with Crippen LogP contribution in [0.2, 0.25) is 0 Å². The summed E-state index contributed by atoms with van der Waals surface area (Å²) in [6.45, 7) is 1.94. The molecule has 0 saturated carbocycles.